The molecule has 3 rings (SSSR count). The predicted octanol–water partition coefficient (Wildman–Crippen LogP) is 0.852. The van der Waals surface area contributed by atoms with Gasteiger partial charge < -0.3 is 15.1 Å². The Balaban J connectivity index is 1.89. The second kappa shape index (κ2) is 7.28. The first-order valence-corrected chi connectivity index (χ1v) is 8.52. The van der Waals surface area contributed by atoms with Gasteiger partial charge in [0.25, 0.3) is 5.91 Å². The number of likely N-dealkylation sites (tertiary alicyclic amines) is 1. The van der Waals surface area contributed by atoms with Gasteiger partial charge in [0.2, 0.25) is 5.82 Å². The molecule has 1 aliphatic rings. The summed E-state index contributed by atoms with van der Waals surface area (Å²) < 4.78 is 0. The number of benzene rings is 1. The van der Waals surface area contributed by atoms with Crippen LogP contribution in [0.25, 0.3) is 11.4 Å². The molecule has 0 radical (unpaired) electrons. The summed E-state index contributed by atoms with van der Waals surface area (Å²) in [6.07, 6.45) is 1.35. The standard InChI is InChI=1S/C17H23N5O3/c1-2-8-17(11-23)10-22(9-7-14(17)24)16(25)13-6-4-3-5-12(13)15-18-20-21-19-15/h3-6,14,23-24H,2,7-11H2,1H3,(H,18,19,20,21)/t14-,17-/m0/s1. The molecule has 8 heteroatoms. The van der Waals surface area contributed by atoms with Crippen molar-refractivity contribution in [1.82, 2.24) is 25.5 Å². The molecule has 25 heavy (non-hydrogen) atoms. The van der Waals surface area contributed by atoms with E-state index in [1.165, 1.54) is 0 Å². The average Bonchev–Trinajstić information content (AvgIpc) is 3.18. The molecule has 2 heterocycles. The van der Waals surface area contributed by atoms with Gasteiger partial charge in [-0.3, -0.25) is 4.79 Å². The van der Waals surface area contributed by atoms with E-state index in [0.717, 1.165) is 6.42 Å². The van der Waals surface area contributed by atoms with Crippen molar-refractivity contribution in [3.8, 4) is 11.4 Å². The first kappa shape index (κ1) is 17.5. The molecule has 1 aromatic heterocycles. The minimum Gasteiger partial charge on any atom is -0.396 e. The first-order chi connectivity index (χ1) is 12.1. The van der Waals surface area contributed by atoms with Crippen LogP contribution in [0.1, 0.15) is 36.5 Å². The molecule has 0 bridgehead atoms. The second-order valence-electron chi connectivity index (χ2n) is 6.58. The van der Waals surface area contributed by atoms with Crippen molar-refractivity contribution in [1.29, 1.82) is 0 Å². The third-order valence-electron chi connectivity index (χ3n) is 4.98. The summed E-state index contributed by atoms with van der Waals surface area (Å²) in [5.41, 5.74) is 0.435. The SMILES string of the molecule is CCC[C@@]1(CO)CN(C(=O)c2ccccc2-c2nn[nH]n2)CC[C@@H]1O. The highest BCUT2D eigenvalue weighted by atomic mass is 16.3. The molecule has 0 spiro atoms. The van der Waals surface area contributed by atoms with Crippen molar-refractivity contribution in [3.63, 3.8) is 0 Å². The Labute approximate surface area is 145 Å². The zero-order chi connectivity index (χ0) is 17.9. The predicted molar refractivity (Wildman–Crippen MR) is 90.6 cm³/mol. The lowest BCUT2D eigenvalue weighted by Crippen LogP contribution is -2.55. The molecule has 0 unspecified atom stereocenters. The maximum atomic E-state index is 13.1. The number of aliphatic hydroxyl groups is 2. The number of aromatic nitrogens is 4. The van der Waals surface area contributed by atoms with E-state index in [0.29, 0.717) is 42.9 Å². The minimum atomic E-state index is -0.663. The van der Waals surface area contributed by atoms with Gasteiger partial charge in [-0.05, 0) is 24.1 Å². The summed E-state index contributed by atoms with van der Waals surface area (Å²) in [6.45, 7) is 2.65. The first-order valence-electron chi connectivity index (χ1n) is 8.52. The van der Waals surface area contributed by atoms with E-state index in [4.69, 9.17) is 0 Å². The van der Waals surface area contributed by atoms with Crippen molar-refractivity contribution in [3.05, 3.63) is 29.8 Å². The largest absolute Gasteiger partial charge is 0.396 e. The van der Waals surface area contributed by atoms with Gasteiger partial charge in [-0.1, -0.05) is 31.5 Å². The monoisotopic (exact) mass is 345 g/mol. The van der Waals surface area contributed by atoms with E-state index < -0.39 is 11.5 Å². The van der Waals surface area contributed by atoms with E-state index in [9.17, 15) is 15.0 Å². The zero-order valence-electron chi connectivity index (χ0n) is 14.2. The third kappa shape index (κ3) is 3.27. The molecule has 8 nitrogen and oxygen atoms in total. The van der Waals surface area contributed by atoms with Crippen molar-refractivity contribution in [2.24, 2.45) is 5.41 Å². The Bertz CT molecular complexity index is 721. The van der Waals surface area contributed by atoms with Crippen LogP contribution >= 0.6 is 0 Å². The number of hydrogen-bond donors (Lipinski definition) is 3. The lowest BCUT2D eigenvalue weighted by molar-refractivity contribution is -0.0720. The van der Waals surface area contributed by atoms with Gasteiger partial charge in [0.05, 0.1) is 18.3 Å². The van der Waals surface area contributed by atoms with E-state index >= 15 is 0 Å². The van der Waals surface area contributed by atoms with Gasteiger partial charge in [0.1, 0.15) is 0 Å². The Morgan fingerprint density at radius 2 is 2.24 bits per heavy atom. The molecule has 1 aromatic carbocycles. The van der Waals surface area contributed by atoms with E-state index in [1.54, 1.807) is 23.1 Å². The van der Waals surface area contributed by atoms with Crippen molar-refractivity contribution >= 4 is 5.91 Å². The van der Waals surface area contributed by atoms with Gasteiger partial charge in [-0.15, -0.1) is 10.2 Å². The van der Waals surface area contributed by atoms with Crippen LogP contribution in [0.4, 0.5) is 0 Å². The number of nitrogens with one attached hydrogen (secondary N) is 1. The fourth-order valence-electron chi connectivity index (χ4n) is 3.61. The number of rotatable bonds is 5. The topological polar surface area (TPSA) is 115 Å². The fourth-order valence-corrected chi connectivity index (χ4v) is 3.61. The van der Waals surface area contributed by atoms with Gasteiger partial charge in [-0.2, -0.15) is 5.21 Å². The van der Waals surface area contributed by atoms with Crippen molar-refractivity contribution in [2.45, 2.75) is 32.3 Å². The summed E-state index contributed by atoms with van der Waals surface area (Å²) in [5.74, 6) is 0.212. The number of H-pyrrole nitrogens is 1. The van der Waals surface area contributed by atoms with Crippen LogP contribution < -0.4 is 0 Å². The molecule has 1 saturated heterocycles. The lowest BCUT2D eigenvalue weighted by Gasteiger charge is -2.45. The van der Waals surface area contributed by atoms with Gasteiger partial charge in [0, 0.05) is 24.1 Å². The van der Waals surface area contributed by atoms with Gasteiger partial charge in [0.15, 0.2) is 0 Å². The fraction of sp³-hybridized carbons (Fsp3) is 0.529. The number of hydrogen-bond acceptors (Lipinski definition) is 6. The lowest BCUT2D eigenvalue weighted by atomic mass is 9.74. The molecule has 0 aliphatic carbocycles. The number of aliphatic hydroxyl groups excluding tert-OH is 2. The average molecular weight is 345 g/mol. The van der Waals surface area contributed by atoms with Crippen LogP contribution in [0.15, 0.2) is 24.3 Å². The number of piperidine rings is 1. The van der Waals surface area contributed by atoms with Crippen LogP contribution in [-0.2, 0) is 0 Å². The summed E-state index contributed by atoms with van der Waals surface area (Å²) in [7, 11) is 0. The molecule has 2 aromatic rings. The molecule has 3 N–H and O–H groups in total. The number of carbonyl (C=O) groups excluding carboxylic acids is 1. The van der Waals surface area contributed by atoms with Crippen LogP contribution in [-0.4, -0.2) is 67.4 Å². The van der Waals surface area contributed by atoms with Crippen LogP contribution in [0.2, 0.25) is 0 Å². The Hall–Kier alpha value is -2.32. The highest BCUT2D eigenvalue weighted by molar-refractivity contribution is 6.00. The number of tetrazole rings is 1. The van der Waals surface area contributed by atoms with Crippen LogP contribution in [0, 0.1) is 5.41 Å². The highest BCUT2D eigenvalue weighted by Crippen LogP contribution is 2.35. The van der Waals surface area contributed by atoms with Crippen LogP contribution in [0.5, 0.6) is 0 Å². The Kier molecular flexibility index (Phi) is 5.10. The van der Waals surface area contributed by atoms with Gasteiger partial charge in [-0.25, -0.2) is 0 Å². The normalized spacial score (nSPS) is 23.6. The maximum absolute atomic E-state index is 13.1. The molecule has 2 atom stereocenters. The number of amides is 1. The smallest absolute Gasteiger partial charge is 0.254 e. The Morgan fingerprint density at radius 3 is 2.92 bits per heavy atom. The number of nitrogens with zero attached hydrogens (tertiary/aromatic N) is 4. The van der Waals surface area contributed by atoms with E-state index in [1.807, 2.05) is 13.0 Å². The summed E-state index contributed by atoms with van der Waals surface area (Å²) in [5, 5.41) is 34.2. The molecule has 0 saturated carbocycles. The van der Waals surface area contributed by atoms with E-state index in [2.05, 4.69) is 20.6 Å². The molecule has 1 aliphatic heterocycles. The molecular formula is C17H23N5O3. The van der Waals surface area contributed by atoms with Crippen molar-refractivity contribution in [2.75, 3.05) is 19.7 Å². The molecule has 1 amide bonds. The van der Waals surface area contributed by atoms with Crippen molar-refractivity contribution < 1.29 is 15.0 Å². The minimum absolute atomic E-state index is 0.141. The zero-order valence-corrected chi connectivity index (χ0v) is 14.2. The van der Waals surface area contributed by atoms with E-state index in [-0.39, 0.29) is 12.5 Å². The Morgan fingerprint density at radius 1 is 1.44 bits per heavy atom. The quantitative estimate of drug-likeness (QED) is 0.740. The summed E-state index contributed by atoms with van der Waals surface area (Å²) >= 11 is 0. The molecular weight excluding hydrogens is 322 g/mol. The van der Waals surface area contributed by atoms with Crippen LogP contribution in [0.3, 0.4) is 0 Å². The van der Waals surface area contributed by atoms with Gasteiger partial charge >= 0.3 is 0 Å². The number of aromatic amines is 1. The summed E-state index contributed by atoms with van der Waals surface area (Å²) in [6, 6.07) is 7.13. The second-order valence-corrected chi connectivity index (χ2v) is 6.58. The summed E-state index contributed by atoms with van der Waals surface area (Å²) in [4.78, 5) is 14.8. The molecule has 1 fully saturated rings. The molecule has 134 valence electrons. The highest BCUT2D eigenvalue weighted by Gasteiger charge is 2.43. The number of carbonyl (C=O) groups is 1. The third-order valence-corrected chi connectivity index (χ3v) is 4.98. The maximum Gasteiger partial charge on any atom is 0.254 e.